The number of amides is 1. The van der Waals surface area contributed by atoms with Gasteiger partial charge in [0.1, 0.15) is 5.78 Å². The molecule has 108 valence electrons. The highest BCUT2D eigenvalue weighted by molar-refractivity contribution is 5.83. The van der Waals surface area contributed by atoms with E-state index in [1.54, 1.807) is 7.05 Å². The Hall–Kier alpha value is -0.900. The van der Waals surface area contributed by atoms with Crippen molar-refractivity contribution in [2.75, 3.05) is 20.1 Å². The van der Waals surface area contributed by atoms with Crippen LogP contribution < -0.4 is 5.32 Å². The van der Waals surface area contributed by atoms with Crippen molar-refractivity contribution in [3.05, 3.63) is 0 Å². The van der Waals surface area contributed by atoms with E-state index in [-0.39, 0.29) is 11.8 Å². The summed E-state index contributed by atoms with van der Waals surface area (Å²) in [6, 6.07) is 0.452. The highest BCUT2D eigenvalue weighted by Gasteiger charge is 2.36. The Bertz CT molecular complexity index is 330. The Balaban J connectivity index is 1.85. The number of hydrogen-bond donors (Lipinski definition) is 1. The summed E-state index contributed by atoms with van der Waals surface area (Å²) in [6.45, 7) is 2.06. The fourth-order valence-electron chi connectivity index (χ4n) is 3.57. The summed E-state index contributed by atoms with van der Waals surface area (Å²) in [6.07, 6.45) is 8.08. The van der Waals surface area contributed by atoms with Crippen molar-refractivity contribution in [2.24, 2.45) is 5.92 Å². The molecule has 1 aliphatic heterocycles. The van der Waals surface area contributed by atoms with Crippen LogP contribution in [0.25, 0.3) is 0 Å². The van der Waals surface area contributed by atoms with Crippen molar-refractivity contribution in [3.63, 3.8) is 0 Å². The Morgan fingerprint density at radius 2 is 2.16 bits per heavy atom. The number of carbonyl (C=O) groups excluding carboxylic acids is 2. The van der Waals surface area contributed by atoms with Crippen LogP contribution in [0.2, 0.25) is 0 Å². The highest BCUT2D eigenvalue weighted by Crippen LogP contribution is 2.32. The maximum Gasteiger partial charge on any atom is 0.219 e. The lowest BCUT2D eigenvalue weighted by atomic mass is 9.88. The number of likely N-dealkylation sites (tertiary alicyclic amines) is 1. The first-order valence-corrected chi connectivity index (χ1v) is 7.69. The molecule has 0 aromatic rings. The molecular formula is C15H26N2O2. The Morgan fingerprint density at radius 3 is 2.84 bits per heavy atom. The van der Waals surface area contributed by atoms with E-state index in [1.807, 2.05) is 0 Å². The third-order valence-corrected chi connectivity index (χ3v) is 4.61. The monoisotopic (exact) mass is 266 g/mol. The number of piperidine rings is 1. The molecule has 1 N–H and O–H groups in total. The summed E-state index contributed by atoms with van der Waals surface area (Å²) in [5, 5.41) is 2.66. The summed E-state index contributed by atoms with van der Waals surface area (Å²) in [5.41, 5.74) is 0. The van der Waals surface area contributed by atoms with E-state index in [9.17, 15) is 9.59 Å². The summed E-state index contributed by atoms with van der Waals surface area (Å²) in [5.74, 6) is 0.869. The third-order valence-electron chi connectivity index (χ3n) is 4.61. The van der Waals surface area contributed by atoms with Crippen molar-refractivity contribution in [1.29, 1.82) is 0 Å². The van der Waals surface area contributed by atoms with Crippen LogP contribution in [0.5, 0.6) is 0 Å². The quantitative estimate of drug-likeness (QED) is 0.824. The number of nitrogens with zero attached hydrogens (tertiary/aromatic N) is 1. The van der Waals surface area contributed by atoms with E-state index in [0.29, 0.717) is 18.2 Å². The molecule has 19 heavy (non-hydrogen) atoms. The van der Waals surface area contributed by atoms with Crippen molar-refractivity contribution in [1.82, 2.24) is 10.2 Å². The standard InChI is InChI=1S/C15H26N2O2/c1-16-15(19)9-5-11-17-10-3-2-7-13(17)12-6-4-8-14(12)18/h12-13H,2-11H2,1H3,(H,16,19). The van der Waals surface area contributed by atoms with Crippen LogP contribution in [0.15, 0.2) is 0 Å². The summed E-state index contributed by atoms with van der Waals surface area (Å²) in [7, 11) is 1.68. The lowest BCUT2D eigenvalue weighted by Gasteiger charge is -2.38. The van der Waals surface area contributed by atoms with Crippen molar-refractivity contribution in [2.45, 2.75) is 57.4 Å². The minimum Gasteiger partial charge on any atom is -0.359 e. The molecule has 1 aliphatic carbocycles. The van der Waals surface area contributed by atoms with Gasteiger partial charge in [0.05, 0.1) is 0 Å². The number of rotatable bonds is 5. The van der Waals surface area contributed by atoms with Crippen molar-refractivity contribution in [3.8, 4) is 0 Å². The molecule has 0 radical (unpaired) electrons. The average molecular weight is 266 g/mol. The molecule has 1 heterocycles. The van der Waals surface area contributed by atoms with E-state index in [0.717, 1.165) is 45.2 Å². The zero-order valence-electron chi connectivity index (χ0n) is 12.0. The normalized spacial score (nSPS) is 28.6. The van der Waals surface area contributed by atoms with Gasteiger partial charge in [-0.25, -0.2) is 0 Å². The maximum atomic E-state index is 12.0. The predicted octanol–water partition coefficient (Wildman–Crippen LogP) is 1.74. The number of hydrogen-bond acceptors (Lipinski definition) is 3. The number of Topliss-reactive ketones (excluding diaryl/α,β-unsaturated/α-hetero) is 1. The molecule has 4 heteroatoms. The number of ketones is 1. The molecule has 2 fully saturated rings. The minimum atomic E-state index is 0.116. The van der Waals surface area contributed by atoms with Gasteiger partial charge in [-0.3, -0.25) is 14.5 Å². The second kappa shape index (κ2) is 7.04. The van der Waals surface area contributed by atoms with Gasteiger partial charge in [-0.15, -0.1) is 0 Å². The van der Waals surface area contributed by atoms with Crippen molar-refractivity contribution < 1.29 is 9.59 Å². The molecule has 0 spiro atoms. The van der Waals surface area contributed by atoms with Crippen molar-refractivity contribution >= 4 is 11.7 Å². The van der Waals surface area contributed by atoms with Crippen LogP contribution in [0.3, 0.4) is 0 Å². The fraction of sp³-hybridized carbons (Fsp3) is 0.867. The first-order valence-electron chi connectivity index (χ1n) is 7.69. The first kappa shape index (κ1) is 14.5. The second-order valence-electron chi connectivity index (χ2n) is 5.84. The molecule has 0 aromatic heterocycles. The SMILES string of the molecule is CNC(=O)CCCN1CCCCC1C1CCCC1=O. The van der Waals surface area contributed by atoms with Gasteiger partial charge in [0.25, 0.3) is 0 Å². The maximum absolute atomic E-state index is 12.0. The van der Waals surface area contributed by atoms with E-state index in [2.05, 4.69) is 10.2 Å². The largest absolute Gasteiger partial charge is 0.359 e. The van der Waals surface area contributed by atoms with E-state index in [1.165, 1.54) is 12.8 Å². The summed E-state index contributed by atoms with van der Waals surface area (Å²) < 4.78 is 0. The smallest absolute Gasteiger partial charge is 0.219 e. The molecule has 1 saturated heterocycles. The topological polar surface area (TPSA) is 49.4 Å². The van der Waals surface area contributed by atoms with E-state index >= 15 is 0 Å². The minimum absolute atomic E-state index is 0.116. The Kier molecular flexibility index (Phi) is 5.37. The van der Waals surface area contributed by atoms with Gasteiger partial charge in [0, 0.05) is 31.8 Å². The zero-order valence-corrected chi connectivity index (χ0v) is 12.0. The molecule has 2 aliphatic rings. The van der Waals surface area contributed by atoms with Crippen LogP contribution in [-0.4, -0.2) is 42.8 Å². The molecule has 4 nitrogen and oxygen atoms in total. The van der Waals surface area contributed by atoms with Gasteiger partial charge in [0.2, 0.25) is 5.91 Å². The Labute approximate surface area is 115 Å². The fourth-order valence-corrected chi connectivity index (χ4v) is 3.57. The Morgan fingerprint density at radius 1 is 1.32 bits per heavy atom. The van der Waals surface area contributed by atoms with E-state index in [4.69, 9.17) is 0 Å². The van der Waals surface area contributed by atoms with Gasteiger partial charge < -0.3 is 5.32 Å². The van der Waals surface area contributed by atoms with E-state index < -0.39 is 0 Å². The van der Waals surface area contributed by atoms with Crippen LogP contribution in [-0.2, 0) is 9.59 Å². The van der Waals surface area contributed by atoms with Gasteiger partial charge >= 0.3 is 0 Å². The molecule has 0 aromatic carbocycles. The molecule has 2 atom stereocenters. The average Bonchev–Trinajstić information content (AvgIpc) is 2.85. The predicted molar refractivity (Wildman–Crippen MR) is 74.9 cm³/mol. The van der Waals surface area contributed by atoms with Gasteiger partial charge in [-0.2, -0.15) is 0 Å². The van der Waals surface area contributed by atoms with Gasteiger partial charge in [0.15, 0.2) is 0 Å². The summed E-state index contributed by atoms with van der Waals surface area (Å²) in [4.78, 5) is 25.7. The van der Waals surface area contributed by atoms with Crippen LogP contribution >= 0.6 is 0 Å². The lowest BCUT2D eigenvalue weighted by molar-refractivity contribution is -0.123. The molecule has 2 rings (SSSR count). The molecule has 1 amide bonds. The second-order valence-corrected chi connectivity index (χ2v) is 5.84. The van der Waals surface area contributed by atoms with Crippen LogP contribution in [0, 0.1) is 5.92 Å². The molecular weight excluding hydrogens is 240 g/mol. The van der Waals surface area contributed by atoms with Gasteiger partial charge in [-0.1, -0.05) is 6.42 Å². The first-order chi connectivity index (χ1) is 9.22. The summed E-state index contributed by atoms with van der Waals surface area (Å²) >= 11 is 0. The molecule has 2 unspecified atom stereocenters. The zero-order chi connectivity index (χ0) is 13.7. The molecule has 0 bridgehead atoms. The number of carbonyl (C=O) groups is 2. The third kappa shape index (κ3) is 3.78. The lowest BCUT2D eigenvalue weighted by Crippen LogP contribution is -2.46. The van der Waals surface area contributed by atoms with Crippen LogP contribution in [0.1, 0.15) is 51.4 Å². The number of nitrogens with one attached hydrogen (secondary N) is 1. The highest BCUT2D eigenvalue weighted by atomic mass is 16.1. The van der Waals surface area contributed by atoms with Crippen LogP contribution in [0.4, 0.5) is 0 Å². The molecule has 1 saturated carbocycles. The van der Waals surface area contributed by atoms with Gasteiger partial charge in [-0.05, 0) is 45.2 Å².